The van der Waals surface area contributed by atoms with Crippen LogP contribution in [0.2, 0.25) is 0 Å². The van der Waals surface area contributed by atoms with Crippen molar-refractivity contribution >= 4 is 11.8 Å². The van der Waals surface area contributed by atoms with E-state index in [1.165, 1.54) is 0 Å². The van der Waals surface area contributed by atoms with E-state index in [1.807, 2.05) is 6.92 Å². The molecular formula is C14H22N2O2. The SMILES string of the molecule is Cc1cc(C)c(C(=O)O)c(NCCCC(C)C)n1. The van der Waals surface area contributed by atoms with Crippen LogP contribution in [0.15, 0.2) is 6.07 Å². The Hall–Kier alpha value is -1.58. The minimum absolute atomic E-state index is 0.283. The Bertz CT molecular complexity index is 428. The van der Waals surface area contributed by atoms with E-state index in [9.17, 15) is 9.90 Å². The van der Waals surface area contributed by atoms with Crippen molar-refractivity contribution in [2.24, 2.45) is 5.92 Å². The fraction of sp³-hybridized carbons (Fsp3) is 0.571. The minimum Gasteiger partial charge on any atom is -0.478 e. The van der Waals surface area contributed by atoms with E-state index in [0.717, 1.165) is 30.6 Å². The molecule has 0 unspecified atom stereocenters. The number of nitrogens with one attached hydrogen (secondary N) is 1. The van der Waals surface area contributed by atoms with Gasteiger partial charge in [-0.15, -0.1) is 0 Å². The van der Waals surface area contributed by atoms with E-state index in [1.54, 1.807) is 13.0 Å². The molecule has 1 heterocycles. The first-order valence-corrected chi connectivity index (χ1v) is 6.37. The molecule has 0 saturated heterocycles. The second-order valence-electron chi connectivity index (χ2n) is 5.07. The van der Waals surface area contributed by atoms with Crippen LogP contribution in [0.1, 0.15) is 48.3 Å². The molecule has 18 heavy (non-hydrogen) atoms. The number of pyridine rings is 1. The summed E-state index contributed by atoms with van der Waals surface area (Å²) in [6, 6.07) is 1.79. The van der Waals surface area contributed by atoms with Crippen LogP contribution in [0.25, 0.3) is 0 Å². The average molecular weight is 250 g/mol. The molecule has 2 N–H and O–H groups in total. The third-order valence-corrected chi connectivity index (χ3v) is 2.81. The largest absolute Gasteiger partial charge is 0.478 e. The van der Waals surface area contributed by atoms with Crippen LogP contribution in [0.5, 0.6) is 0 Å². The summed E-state index contributed by atoms with van der Waals surface area (Å²) >= 11 is 0. The zero-order valence-electron chi connectivity index (χ0n) is 11.6. The van der Waals surface area contributed by atoms with Gasteiger partial charge >= 0.3 is 5.97 Å². The van der Waals surface area contributed by atoms with Crippen LogP contribution >= 0.6 is 0 Å². The summed E-state index contributed by atoms with van der Waals surface area (Å²) in [5, 5.41) is 12.3. The Kier molecular flexibility index (Phi) is 5.13. The maximum absolute atomic E-state index is 11.2. The Morgan fingerprint density at radius 1 is 1.44 bits per heavy atom. The highest BCUT2D eigenvalue weighted by atomic mass is 16.4. The number of hydrogen-bond donors (Lipinski definition) is 2. The minimum atomic E-state index is -0.925. The quantitative estimate of drug-likeness (QED) is 0.761. The third-order valence-electron chi connectivity index (χ3n) is 2.81. The Morgan fingerprint density at radius 2 is 2.11 bits per heavy atom. The second kappa shape index (κ2) is 6.38. The van der Waals surface area contributed by atoms with Crippen molar-refractivity contribution in [3.05, 3.63) is 22.9 Å². The van der Waals surface area contributed by atoms with Gasteiger partial charge in [0.2, 0.25) is 0 Å². The molecule has 0 aliphatic rings. The van der Waals surface area contributed by atoms with E-state index < -0.39 is 5.97 Å². The smallest absolute Gasteiger partial charge is 0.339 e. The number of aryl methyl sites for hydroxylation is 2. The molecule has 0 aliphatic carbocycles. The summed E-state index contributed by atoms with van der Waals surface area (Å²) in [6.07, 6.45) is 2.14. The van der Waals surface area contributed by atoms with Gasteiger partial charge in [0.25, 0.3) is 0 Å². The Balaban J connectivity index is 2.77. The van der Waals surface area contributed by atoms with Gasteiger partial charge in [0.15, 0.2) is 0 Å². The highest BCUT2D eigenvalue weighted by molar-refractivity contribution is 5.94. The lowest BCUT2D eigenvalue weighted by molar-refractivity contribution is 0.0697. The van der Waals surface area contributed by atoms with Crippen LogP contribution in [0, 0.1) is 19.8 Å². The fourth-order valence-electron chi connectivity index (χ4n) is 1.95. The Labute approximate surface area is 108 Å². The molecule has 0 bridgehead atoms. The summed E-state index contributed by atoms with van der Waals surface area (Å²) in [5.74, 6) is 0.230. The van der Waals surface area contributed by atoms with Crippen molar-refractivity contribution in [3.63, 3.8) is 0 Å². The molecule has 0 fully saturated rings. The first-order chi connectivity index (χ1) is 8.41. The van der Waals surface area contributed by atoms with E-state index in [2.05, 4.69) is 24.1 Å². The van der Waals surface area contributed by atoms with Crippen LogP contribution in [0.3, 0.4) is 0 Å². The lowest BCUT2D eigenvalue weighted by Gasteiger charge is -2.12. The maximum atomic E-state index is 11.2. The number of rotatable bonds is 6. The molecule has 0 saturated carbocycles. The fourth-order valence-corrected chi connectivity index (χ4v) is 1.95. The summed E-state index contributed by atoms with van der Waals surface area (Å²) in [5.41, 5.74) is 1.87. The molecule has 0 aromatic carbocycles. The van der Waals surface area contributed by atoms with Crippen molar-refractivity contribution in [2.45, 2.75) is 40.5 Å². The summed E-state index contributed by atoms with van der Waals surface area (Å²) < 4.78 is 0. The lowest BCUT2D eigenvalue weighted by atomic mass is 10.1. The monoisotopic (exact) mass is 250 g/mol. The number of aromatic nitrogens is 1. The van der Waals surface area contributed by atoms with E-state index in [-0.39, 0.29) is 5.56 Å². The lowest BCUT2D eigenvalue weighted by Crippen LogP contribution is -2.12. The van der Waals surface area contributed by atoms with E-state index in [0.29, 0.717) is 11.7 Å². The van der Waals surface area contributed by atoms with Gasteiger partial charge < -0.3 is 10.4 Å². The predicted molar refractivity (Wildman–Crippen MR) is 73.2 cm³/mol. The van der Waals surface area contributed by atoms with Gasteiger partial charge in [-0.1, -0.05) is 13.8 Å². The van der Waals surface area contributed by atoms with E-state index in [4.69, 9.17) is 0 Å². The van der Waals surface area contributed by atoms with Gasteiger partial charge in [-0.2, -0.15) is 0 Å². The normalized spacial score (nSPS) is 10.7. The first kappa shape index (κ1) is 14.5. The average Bonchev–Trinajstić information content (AvgIpc) is 2.22. The molecule has 0 atom stereocenters. The zero-order valence-corrected chi connectivity index (χ0v) is 11.6. The van der Waals surface area contributed by atoms with Gasteiger partial charge in [0.1, 0.15) is 11.4 Å². The van der Waals surface area contributed by atoms with Gasteiger partial charge in [-0.05, 0) is 44.2 Å². The first-order valence-electron chi connectivity index (χ1n) is 6.37. The number of carbonyl (C=O) groups is 1. The number of carboxylic acids is 1. The number of hydrogen-bond acceptors (Lipinski definition) is 3. The van der Waals surface area contributed by atoms with Crippen LogP contribution in [0.4, 0.5) is 5.82 Å². The van der Waals surface area contributed by atoms with Crippen molar-refractivity contribution < 1.29 is 9.90 Å². The molecule has 1 rings (SSSR count). The molecule has 0 aliphatic heterocycles. The van der Waals surface area contributed by atoms with Crippen molar-refractivity contribution in [3.8, 4) is 0 Å². The van der Waals surface area contributed by atoms with Crippen molar-refractivity contribution in [2.75, 3.05) is 11.9 Å². The number of nitrogens with zero attached hydrogens (tertiary/aromatic N) is 1. The van der Waals surface area contributed by atoms with Crippen LogP contribution in [-0.2, 0) is 0 Å². The number of carboxylic acid groups (broad SMARTS) is 1. The summed E-state index contributed by atoms with van der Waals surface area (Å²) in [4.78, 5) is 15.5. The van der Waals surface area contributed by atoms with Crippen LogP contribution < -0.4 is 5.32 Å². The van der Waals surface area contributed by atoms with Crippen molar-refractivity contribution in [1.29, 1.82) is 0 Å². The van der Waals surface area contributed by atoms with Gasteiger partial charge in [-0.3, -0.25) is 0 Å². The molecule has 0 radical (unpaired) electrons. The highest BCUT2D eigenvalue weighted by Gasteiger charge is 2.15. The second-order valence-corrected chi connectivity index (χ2v) is 5.07. The Morgan fingerprint density at radius 3 is 2.67 bits per heavy atom. The number of anilines is 1. The molecular weight excluding hydrogens is 228 g/mol. The number of aromatic carboxylic acids is 1. The van der Waals surface area contributed by atoms with Gasteiger partial charge in [0, 0.05) is 12.2 Å². The molecule has 0 amide bonds. The summed E-state index contributed by atoms with van der Waals surface area (Å²) in [6.45, 7) is 8.79. The molecule has 100 valence electrons. The van der Waals surface area contributed by atoms with E-state index >= 15 is 0 Å². The third kappa shape index (κ3) is 4.02. The predicted octanol–water partition coefficient (Wildman–Crippen LogP) is 3.24. The van der Waals surface area contributed by atoms with Gasteiger partial charge in [-0.25, -0.2) is 9.78 Å². The maximum Gasteiger partial charge on any atom is 0.339 e. The molecule has 0 spiro atoms. The van der Waals surface area contributed by atoms with Gasteiger partial charge in [0.05, 0.1) is 0 Å². The van der Waals surface area contributed by atoms with Crippen LogP contribution in [-0.4, -0.2) is 22.6 Å². The zero-order chi connectivity index (χ0) is 13.7. The summed E-state index contributed by atoms with van der Waals surface area (Å²) in [7, 11) is 0. The molecule has 1 aromatic rings. The standard InChI is InChI=1S/C14H22N2O2/c1-9(2)6-5-7-15-13-12(14(17)18)10(3)8-11(4)16-13/h8-9H,5-7H2,1-4H3,(H,15,16)(H,17,18). The topological polar surface area (TPSA) is 62.2 Å². The molecule has 4 nitrogen and oxygen atoms in total. The molecule has 1 aromatic heterocycles. The highest BCUT2D eigenvalue weighted by Crippen LogP contribution is 2.19. The van der Waals surface area contributed by atoms with Crippen molar-refractivity contribution in [1.82, 2.24) is 4.98 Å². The molecule has 4 heteroatoms.